The standard InChI is InChI=1S/C26H28N2O3S/c1-18-14-22(16-32-18)24(29)28-13-3-12-26(17-28,25(27)30)15-19-4-6-20(7-5-19)21-8-10-23(31-2)11-9-21/h4-11,14,16H,3,12-13,15,17H2,1-2H3,(H2,27,30)/t26-/m0/s1. The van der Waals surface area contributed by atoms with Gasteiger partial charge in [0.25, 0.3) is 5.91 Å². The molecule has 0 unspecified atom stereocenters. The highest BCUT2D eigenvalue weighted by Gasteiger charge is 2.42. The van der Waals surface area contributed by atoms with Crippen LogP contribution in [0.1, 0.15) is 33.6 Å². The van der Waals surface area contributed by atoms with E-state index in [0.29, 0.717) is 31.5 Å². The van der Waals surface area contributed by atoms with Gasteiger partial charge in [-0.15, -0.1) is 11.3 Å². The molecule has 0 bridgehead atoms. The molecule has 2 heterocycles. The first-order valence-electron chi connectivity index (χ1n) is 10.8. The van der Waals surface area contributed by atoms with Gasteiger partial charge in [0.2, 0.25) is 5.91 Å². The second-order valence-corrected chi connectivity index (χ2v) is 9.64. The van der Waals surface area contributed by atoms with Gasteiger partial charge in [0.1, 0.15) is 5.75 Å². The maximum atomic E-state index is 13.0. The Balaban J connectivity index is 1.52. The van der Waals surface area contributed by atoms with Gasteiger partial charge in [0.15, 0.2) is 0 Å². The highest BCUT2D eigenvalue weighted by atomic mass is 32.1. The third-order valence-electron chi connectivity index (χ3n) is 6.28. The van der Waals surface area contributed by atoms with Crippen LogP contribution in [0.15, 0.2) is 60.0 Å². The monoisotopic (exact) mass is 448 g/mol. The summed E-state index contributed by atoms with van der Waals surface area (Å²) in [6, 6.07) is 18.1. The van der Waals surface area contributed by atoms with Crippen molar-refractivity contribution in [2.75, 3.05) is 20.2 Å². The molecule has 166 valence electrons. The van der Waals surface area contributed by atoms with E-state index in [1.54, 1.807) is 23.3 Å². The number of thiophene rings is 1. The van der Waals surface area contributed by atoms with E-state index in [-0.39, 0.29) is 11.8 Å². The summed E-state index contributed by atoms with van der Waals surface area (Å²) >= 11 is 1.56. The maximum absolute atomic E-state index is 13.0. The minimum Gasteiger partial charge on any atom is -0.497 e. The number of nitrogens with zero attached hydrogens (tertiary/aromatic N) is 1. The number of aryl methyl sites for hydroxylation is 1. The van der Waals surface area contributed by atoms with Gasteiger partial charge in [-0.25, -0.2) is 0 Å². The summed E-state index contributed by atoms with van der Waals surface area (Å²) in [6.07, 6.45) is 1.98. The van der Waals surface area contributed by atoms with Gasteiger partial charge >= 0.3 is 0 Å². The quantitative estimate of drug-likeness (QED) is 0.595. The Kier molecular flexibility index (Phi) is 6.33. The minimum atomic E-state index is -0.749. The van der Waals surface area contributed by atoms with Crippen molar-refractivity contribution in [3.05, 3.63) is 76.0 Å². The Hall–Kier alpha value is -3.12. The van der Waals surface area contributed by atoms with Gasteiger partial charge in [-0.2, -0.15) is 0 Å². The number of rotatable bonds is 6. The largest absolute Gasteiger partial charge is 0.497 e. The SMILES string of the molecule is COc1ccc(-c2ccc(C[C@@]3(C(N)=O)CCCN(C(=O)c4csc(C)c4)C3)cc2)cc1. The molecular formula is C26H28N2O3S. The van der Waals surface area contributed by atoms with E-state index < -0.39 is 5.41 Å². The van der Waals surface area contributed by atoms with Crippen molar-refractivity contribution in [1.82, 2.24) is 4.90 Å². The number of methoxy groups -OCH3 is 1. The number of primary amides is 1. The zero-order valence-corrected chi connectivity index (χ0v) is 19.3. The van der Waals surface area contributed by atoms with Crippen LogP contribution in [0.3, 0.4) is 0 Å². The summed E-state index contributed by atoms with van der Waals surface area (Å²) in [7, 11) is 1.65. The predicted molar refractivity (Wildman–Crippen MR) is 128 cm³/mol. The van der Waals surface area contributed by atoms with Gasteiger partial charge in [0.05, 0.1) is 18.1 Å². The van der Waals surface area contributed by atoms with Gasteiger partial charge in [0, 0.05) is 23.3 Å². The van der Waals surface area contributed by atoms with Crippen molar-refractivity contribution in [2.24, 2.45) is 11.1 Å². The minimum absolute atomic E-state index is 0.0190. The summed E-state index contributed by atoms with van der Waals surface area (Å²) < 4.78 is 5.23. The first kappa shape index (κ1) is 22.1. The third kappa shape index (κ3) is 4.55. The van der Waals surface area contributed by atoms with Crippen molar-refractivity contribution in [3.63, 3.8) is 0 Å². The number of hydrogen-bond acceptors (Lipinski definition) is 4. The number of nitrogens with two attached hydrogens (primary N) is 1. The smallest absolute Gasteiger partial charge is 0.254 e. The molecule has 3 aromatic rings. The fraction of sp³-hybridized carbons (Fsp3) is 0.308. The zero-order valence-electron chi connectivity index (χ0n) is 18.5. The molecule has 0 spiro atoms. The van der Waals surface area contributed by atoms with Crippen LogP contribution < -0.4 is 10.5 Å². The molecule has 2 aromatic carbocycles. The fourth-order valence-corrected chi connectivity index (χ4v) is 5.14. The lowest BCUT2D eigenvalue weighted by atomic mass is 9.74. The van der Waals surface area contributed by atoms with E-state index in [4.69, 9.17) is 10.5 Å². The van der Waals surface area contributed by atoms with Crippen molar-refractivity contribution in [2.45, 2.75) is 26.2 Å². The molecule has 1 aliphatic heterocycles. The fourth-order valence-electron chi connectivity index (χ4n) is 4.47. The summed E-state index contributed by atoms with van der Waals surface area (Å²) in [5.74, 6) is 0.466. The van der Waals surface area contributed by atoms with Crippen LogP contribution in [-0.2, 0) is 11.2 Å². The van der Waals surface area contributed by atoms with Crippen LogP contribution in [0.4, 0.5) is 0 Å². The number of piperidine rings is 1. The second kappa shape index (κ2) is 9.17. The molecule has 2 N–H and O–H groups in total. The molecule has 2 amide bonds. The molecule has 0 aliphatic carbocycles. The Morgan fingerprint density at radius 1 is 1.09 bits per heavy atom. The molecule has 0 saturated carbocycles. The predicted octanol–water partition coefficient (Wildman–Crippen LogP) is 4.68. The average molecular weight is 449 g/mol. The molecular weight excluding hydrogens is 420 g/mol. The molecule has 1 saturated heterocycles. The Labute approximate surface area is 192 Å². The van der Waals surface area contributed by atoms with Crippen molar-refractivity contribution in [3.8, 4) is 16.9 Å². The lowest BCUT2D eigenvalue weighted by molar-refractivity contribution is -0.130. The highest BCUT2D eigenvalue weighted by Crippen LogP contribution is 2.35. The van der Waals surface area contributed by atoms with Gasteiger partial charge < -0.3 is 15.4 Å². The number of hydrogen-bond donors (Lipinski definition) is 1. The number of amides is 2. The number of carbonyl (C=O) groups excluding carboxylic acids is 2. The molecule has 32 heavy (non-hydrogen) atoms. The van der Waals surface area contributed by atoms with E-state index in [0.717, 1.165) is 33.7 Å². The molecule has 1 fully saturated rings. The summed E-state index contributed by atoms with van der Waals surface area (Å²) in [5.41, 5.74) is 9.10. The molecule has 6 heteroatoms. The summed E-state index contributed by atoms with van der Waals surface area (Å²) in [6.45, 7) is 3.00. The van der Waals surface area contributed by atoms with Gasteiger partial charge in [-0.3, -0.25) is 9.59 Å². The normalized spacial score (nSPS) is 18.4. The first-order valence-corrected chi connectivity index (χ1v) is 11.7. The maximum Gasteiger partial charge on any atom is 0.254 e. The van der Waals surface area contributed by atoms with E-state index in [1.165, 1.54) is 0 Å². The number of likely N-dealkylation sites (tertiary alicyclic amines) is 1. The third-order valence-corrected chi connectivity index (χ3v) is 7.15. The van der Waals surface area contributed by atoms with Crippen LogP contribution in [0.2, 0.25) is 0 Å². The van der Waals surface area contributed by atoms with E-state index in [2.05, 4.69) is 12.1 Å². The Bertz CT molecular complexity index is 1100. The molecule has 0 radical (unpaired) electrons. The lowest BCUT2D eigenvalue weighted by Gasteiger charge is -2.41. The average Bonchev–Trinajstić information content (AvgIpc) is 3.25. The Morgan fingerprint density at radius 2 is 1.75 bits per heavy atom. The van der Waals surface area contributed by atoms with Crippen LogP contribution in [0.25, 0.3) is 11.1 Å². The number of carbonyl (C=O) groups is 2. The zero-order chi connectivity index (χ0) is 22.7. The molecule has 5 nitrogen and oxygen atoms in total. The lowest BCUT2D eigenvalue weighted by Crippen LogP contribution is -2.53. The second-order valence-electron chi connectivity index (χ2n) is 8.52. The van der Waals surface area contributed by atoms with Crippen LogP contribution >= 0.6 is 11.3 Å². The van der Waals surface area contributed by atoms with Crippen molar-refractivity contribution in [1.29, 1.82) is 0 Å². The van der Waals surface area contributed by atoms with E-state index in [9.17, 15) is 9.59 Å². The molecule has 1 aliphatic rings. The number of ether oxygens (including phenoxy) is 1. The summed E-state index contributed by atoms with van der Waals surface area (Å²) in [5, 5.41) is 1.89. The van der Waals surface area contributed by atoms with Gasteiger partial charge in [-0.05, 0) is 61.1 Å². The Morgan fingerprint density at radius 3 is 2.31 bits per heavy atom. The van der Waals surface area contributed by atoms with Crippen LogP contribution in [-0.4, -0.2) is 36.9 Å². The number of benzene rings is 2. The molecule has 1 atom stereocenters. The first-order chi connectivity index (χ1) is 15.4. The molecule has 4 rings (SSSR count). The topological polar surface area (TPSA) is 72.6 Å². The van der Waals surface area contributed by atoms with E-state index in [1.807, 2.05) is 54.8 Å². The van der Waals surface area contributed by atoms with Crippen LogP contribution in [0, 0.1) is 12.3 Å². The summed E-state index contributed by atoms with van der Waals surface area (Å²) in [4.78, 5) is 28.5. The molecule has 1 aromatic heterocycles. The van der Waals surface area contributed by atoms with E-state index >= 15 is 0 Å². The van der Waals surface area contributed by atoms with Crippen molar-refractivity contribution >= 4 is 23.2 Å². The highest BCUT2D eigenvalue weighted by molar-refractivity contribution is 7.10. The van der Waals surface area contributed by atoms with Crippen molar-refractivity contribution < 1.29 is 14.3 Å². The van der Waals surface area contributed by atoms with Crippen LogP contribution in [0.5, 0.6) is 5.75 Å². The van der Waals surface area contributed by atoms with Gasteiger partial charge in [-0.1, -0.05) is 36.4 Å².